The molecule has 0 saturated heterocycles. The monoisotopic (exact) mass is 399 g/mol. The summed E-state index contributed by atoms with van der Waals surface area (Å²) in [7, 11) is 0. The molecule has 2 aromatic carbocycles. The minimum Gasteiger partial charge on any atom is -0.398 e. The summed E-state index contributed by atoms with van der Waals surface area (Å²) < 4.78 is 0. The van der Waals surface area contributed by atoms with Gasteiger partial charge in [-0.15, -0.1) is 6.42 Å². The van der Waals surface area contributed by atoms with Crippen LogP contribution in [0.3, 0.4) is 0 Å². The number of hydrogen-bond donors (Lipinski definition) is 2. The van der Waals surface area contributed by atoms with Gasteiger partial charge < -0.3 is 16.0 Å². The lowest BCUT2D eigenvalue weighted by atomic mass is 9.91. The van der Waals surface area contributed by atoms with E-state index in [0.717, 1.165) is 53.3 Å². The Bertz CT molecular complexity index is 934. The zero-order valence-corrected chi connectivity index (χ0v) is 18.2. The zero-order valence-electron chi connectivity index (χ0n) is 18.2. The smallest absolute Gasteiger partial charge is 0.103 e. The summed E-state index contributed by atoms with van der Waals surface area (Å²) in [6.45, 7) is 6.09. The largest absolute Gasteiger partial charge is 0.398 e. The molecular weight excluding hydrogens is 366 g/mol. The molecular formula is C27H33N3. The molecule has 3 heteroatoms. The molecule has 0 aliphatic carbocycles. The normalized spacial score (nSPS) is 16.2. The first-order chi connectivity index (χ1) is 14.7. The Labute approximate surface area is 181 Å². The maximum Gasteiger partial charge on any atom is 0.103 e. The van der Waals surface area contributed by atoms with Crippen molar-refractivity contribution < 1.29 is 0 Å². The molecule has 0 bridgehead atoms. The Morgan fingerprint density at radius 2 is 1.77 bits per heavy atom. The molecule has 3 nitrogen and oxygen atoms in total. The number of nitrogens with one attached hydrogen (secondary N) is 1. The van der Waals surface area contributed by atoms with Gasteiger partial charge in [-0.05, 0) is 42.2 Å². The third-order valence-electron chi connectivity index (χ3n) is 5.74. The second-order valence-corrected chi connectivity index (χ2v) is 7.86. The predicted molar refractivity (Wildman–Crippen MR) is 128 cm³/mol. The molecule has 0 spiro atoms. The van der Waals surface area contributed by atoms with E-state index in [4.69, 9.17) is 12.2 Å². The van der Waals surface area contributed by atoms with E-state index < -0.39 is 0 Å². The fraction of sp³-hybridized carbons (Fsp3) is 0.333. The maximum atomic E-state index is 6.25. The van der Waals surface area contributed by atoms with Crippen molar-refractivity contribution in [2.75, 3.05) is 12.3 Å². The van der Waals surface area contributed by atoms with Crippen LogP contribution < -0.4 is 11.1 Å². The molecule has 1 unspecified atom stereocenters. The highest BCUT2D eigenvalue weighted by Gasteiger charge is 2.27. The van der Waals surface area contributed by atoms with Gasteiger partial charge in [-0.3, -0.25) is 0 Å². The molecule has 0 radical (unpaired) electrons. The van der Waals surface area contributed by atoms with Crippen molar-refractivity contribution in [2.24, 2.45) is 0 Å². The molecule has 0 saturated carbocycles. The number of nitrogens with two attached hydrogens (primary N) is 1. The first kappa shape index (κ1) is 21.6. The standard InChI is InChI=1S/C27H33N3/c1-4-6-7-13-18-29-27-19-25(22-14-9-8-10-15-22)24(5-2)21(3)30(27)20-23-16-11-12-17-26(23)28/h2,8-12,14-17,19,21,29H,4,6-7,13,18,20,28H2,1,3H3. The summed E-state index contributed by atoms with van der Waals surface area (Å²) in [4.78, 5) is 2.34. The van der Waals surface area contributed by atoms with E-state index in [1.807, 2.05) is 24.3 Å². The van der Waals surface area contributed by atoms with Crippen LogP contribution in [0.1, 0.15) is 50.7 Å². The lowest BCUT2D eigenvalue weighted by Gasteiger charge is -2.38. The van der Waals surface area contributed by atoms with Crippen LogP contribution in [0.2, 0.25) is 0 Å². The van der Waals surface area contributed by atoms with Crippen LogP contribution in [-0.4, -0.2) is 17.5 Å². The molecule has 1 aliphatic rings. The van der Waals surface area contributed by atoms with Crippen molar-refractivity contribution in [3.8, 4) is 12.3 Å². The third-order valence-corrected chi connectivity index (χ3v) is 5.74. The van der Waals surface area contributed by atoms with E-state index in [9.17, 15) is 0 Å². The quantitative estimate of drug-likeness (QED) is 0.329. The van der Waals surface area contributed by atoms with Crippen molar-refractivity contribution in [2.45, 2.75) is 52.1 Å². The average Bonchev–Trinajstić information content (AvgIpc) is 2.77. The van der Waals surface area contributed by atoms with Crippen molar-refractivity contribution in [3.63, 3.8) is 0 Å². The van der Waals surface area contributed by atoms with Gasteiger partial charge in [0.25, 0.3) is 0 Å². The number of unbranched alkanes of at least 4 members (excludes halogenated alkanes) is 3. The Balaban J connectivity index is 1.93. The van der Waals surface area contributed by atoms with Gasteiger partial charge in [0.1, 0.15) is 5.82 Å². The van der Waals surface area contributed by atoms with Crippen LogP contribution in [0.15, 0.2) is 72.1 Å². The number of terminal acetylenes is 1. The van der Waals surface area contributed by atoms with Gasteiger partial charge in [-0.2, -0.15) is 0 Å². The fourth-order valence-electron chi connectivity index (χ4n) is 3.95. The van der Waals surface area contributed by atoms with Crippen LogP contribution in [0.5, 0.6) is 0 Å². The molecule has 1 atom stereocenters. The highest BCUT2D eigenvalue weighted by Crippen LogP contribution is 2.33. The summed E-state index contributed by atoms with van der Waals surface area (Å²) in [5.74, 6) is 4.08. The van der Waals surface area contributed by atoms with Gasteiger partial charge in [0.15, 0.2) is 0 Å². The number of para-hydroxylation sites is 1. The minimum atomic E-state index is 0.0768. The Kier molecular flexibility index (Phi) is 7.63. The fourth-order valence-corrected chi connectivity index (χ4v) is 3.95. The van der Waals surface area contributed by atoms with Crippen LogP contribution in [0.4, 0.5) is 5.69 Å². The minimum absolute atomic E-state index is 0.0768. The Hall–Kier alpha value is -3.12. The molecule has 1 heterocycles. The number of nitrogen functional groups attached to an aromatic ring is 1. The summed E-state index contributed by atoms with van der Waals surface area (Å²) in [5, 5.41) is 3.69. The van der Waals surface area contributed by atoms with E-state index in [0.29, 0.717) is 0 Å². The summed E-state index contributed by atoms with van der Waals surface area (Å²) in [6.07, 6.45) is 13.1. The lowest BCUT2D eigenvalue weighted by molar-refractivity contribution is 0.268. The first-order valence-corrected chi connectivity index (χ1v) is 11.0. The van der Waals surface area contributed by atoms with Crippen molar-refractivity contribution in [1.82, 2.24) is 10.2 Å². The number of anilines is 1. The summed E-state index contributed by atoms with van der Waals surface area (Å²) >= 11 is 0. The van der Waals surface area contributed by atoms with Gasteiger partial charge in [0.2, 0.25) is 0 Å². The number of rotatable bonds is 9. The first-order valence-electron chi connectivity index (χ1n) is 11.0. The Morgan fingerprint density at radius 1 is 1.03 bits per heavy atom. The SMILES string of the molecule is C#CC1=C(c2ccccc2)C=C(NCCCCCC)N(Cc2ccccc2N)C1C. The highest BCUT2D eigenvalue weighted by atomic mass is 15.3. The molecule has 0 fully saturated rings. The highest BCUT2D eigenvalue weighted by molar-refractivity contribution is 5.82. The number of allylic oxidation sites excluding steroid dienone is 2. The van der Waals surface area contributed by atoms with Crippen LogP contribution >= 0.6 is 0 Å². The molecule has 0 amide bonds. The van der Waals surface area contributed by atoms with Gasteiger partial charge >= 0.3 is 0 Å². The van der Waals surface area contributed by atoms with E-state index in [1.165, 1.54) is 19.3 Å². The number of benzene rings is 2. The molecule has 0 aromatic heterocycles. The molecule has 2 aromatic rings. The Morgan fingerprint density at radius 3 is 2.47 bits per heavy atom. The van der Waals surface area contributed by atoms with Gasteiger partial charge in [0, 0.05) is 24.4 Å². The molecule has 1 aliphatic heterocycles. The molecule has 156 valence electrons. The van der Waals surface area contributed by atoms with E-state index in [1.54, 1.807) is 0 Å². The van der Waals surface area contributed by atoms with Gasteiger partial charge in [-0.25, -0.2) is 0 Å². The van der Waals surface area contributed by atoms with Gasteiger partial charge in [0.05, 0.1) is 6.04 Å². The number of nitrogens with zero attached hydrogens (tertiary/aromatic N) is 1. The van der Waals surface area contributed by atoms with E-state index >= 15 is 0 Å². The molecule has 3 rings (SSSR count). The second kappa shape index (κ2) is 10.6. The van der Waals surface area contributed by atoms with Crippen molar-refractivity contribution >= 4 is 11.3 Å². The van der Waals surface area contributed by atoms with E-state index in [-0.39, 0.29) is 6.04 Å². The maximum absolute atomic E-state index is 6.25. The summed E-state index contributed by atoms with van der Waals surface area (Å²) in [5.41, 5.74) is 11.5. The second-order valence-electron chi connectivity index (χ2n) is 7.86. The predicted octanol–water partition coefficient (Wildman–Crippen LogP) is 5.57. The topological polar surface area (TPSA) is 41.3 Å². The van der Waals surface area contributed by atoms with E-state index in [2.05, 4.69) is 66.4 Å². The number of hydrogen-bond acceptors (Lipinski definition) is 3. The summed E-state index contributed by atoms with van der Waals surface area (Å²) in [6, 6.07) is 18.5. The third kappa shape index (κ3) is 5.07. The van der Waals surface area contributed by atoms with Gasteiger partial charge in [-0.1, -0.05) is 80.6 Å². The zero-order chi connectivity index (χ0) is 21.3. The average molecular weight is 400 g/mol. The van der Waals surface area contributed by atoms with Crippen molar-refractivity contribution in [3.05, 3.63) is 83.2 Å². The molecule has 3 N–H and O–H groups in total. The van der Waals surface area contributed by atoms with Crippen LogP contribution in [0.25, 0.3) is 5.57 Å². The molecule has 30 heavy (non-hydrogen) atoms. The van der Waals surface area contributed by atoms with Crippen molar-refractivity contribution in [1.29, 1.82) is 0 Å². The van der Waals surface area contributed by atoms with Crippen LogP contribution in [0, 0.1) is 12.3 Å². The lowest BCUT2D eigenvalue weighted by Crippen LogP contribution is -2.41. The van der Waals surface area contributed by atoms with Crippen LogP contribution in [-0.2, 0) is 6.54 Å².